The quantitative estimate of drug-likeness (QED) is 0.406. The molecule has 0 aliphatic carbocycles. The Morgan fingerprint density at radius 1 is 0.824 bits per heavy atom. The Bertz CT molecular complexity index is 172. The molecule has 0 saturated carbocycles. The van der Waals surface area contributed by atoms with E-state index >= 15 is 0 Å². The van der Waals surface area contributed by atoms with Crippen LogP contribution in [0.25, 0.3) is 0 Å². The Labute approximate surface area is 107 Å². The first kappa shape index (κ1) is 16.4. The zero-order valence-electron chi connectivity index (χ0n) is 11.7. The molecule has 3 nitrogen and oxygen atoms in total. The summed E-state index contributed by atoms with van der Waals surface area (Å²) >= 11 is 0. The molecule has 1 amide bonds. The lowest BCUT2D eigenvalue weighted by molar-refractivity contribution is -0.122. The van der Waals surface area contributed by atoms with Gasteiger partial charge in [-0.2, -0.15) is 0 Å². The number of hydrazine groups is 1. The van der Waals surface area contributed by atoms with E-state index in [1.807, 2.05) is 0 Å². The standard InChI is InChI=1S/C14H30N2O/c1-3-5-7-9-11-13-15-16-14(17)12-10-8-6-4-2/h15H,3-13H2,1-2H3,(H,16,17). The smallest absolute Gasteiger partial charge is 0.234 e. The minimum Gasteiger partial charge on any atom is -0.292 e. The number of hydrogen-bond donors (Lipinski definition) is 2. The third kappa shape index (κ3) is 13.4. The molecule has 0 spiro atoms. The van der Waals surface area contributed by atoms with Crippen molar-refractivity contribution in [3.05, 3.63) is 0 Å². The van der Waals surface area contributed by atoms with Crippen molar-refractivity contribution in [2.75, 3.05) is 6.54 Å². The minimum absolute atomic E-state index is 0.134. The fourth-order valence-corrected chi connectivity index (χ4v) is 1.75. The molecule has 102 valence electrons. The first-order valence-corrected chi connectivity index (χ1v) is 7.33. The lowest BCUT2D eigenvalue weighted by atomic mass is 10.1. The topological polar surface area (TPSA) is 41.1 Å². The van der Waals surface area contributed by atoms with E-state index in [2.05, 4.69) is 24.7 Å². The third-order valence-corrected chi connectivity index (χ3v) is 2.89. The molecule has 0 fully saturated rings. The van der Waals surface area contributed by atoms with Gasteiger partial charge in [0.2, 0.25) is 5.91 Å². The summed E-state index contributed by atoms with van der Waals surface area (Å²) in [5.41, 5.74) is 5.76. The van der Waals surface area contributed by atoms with Crippen molar-refractivity contribution >= 4 is 5.91 Å². The molecule has 0 aromatic heterocycles. The molecule has 0 aromatic carbocycles. The summed E-state index contributed by atoms with van der Waals surface area (Å²) in [5.74, 6) is 0.134. The molecule has 0 aliphatic rings. The maximum absolute atomic E-state index is 11.4. The second kappa shape index (κ2) is 13.5. The van der Waals surface area contributed by atoms with Crippen LogP contribution in [0.4, 0.5) is 0 Å². The molecule has 0 atom stereocenters. The van der Waals surface area contributed by atoms with Crippen LogP contribution in [-0.2, 0) is 4.79 Å². The summed E-state index contributed by atoms with van der Waals surface area (Å²) in [4.78, 5) is 11.4. The maximum Gasteiger partial charge on any atom is 0.234 e. The third-order valence-electron chi connectivity index (χ3n) is 2.89. The van der Waals surface area contributed by atoms with Crippen LogP contribution in [0.5, 0.6) is 0 Å². The second-order valence-corrected chi connectivity index (χ2v) is 4.70. The molecule has 0 unspecified atom stereocenters. The zero-order valence-corrected chi connectivity index (χ0v) is 11.7. The largest absolute Gasteiger partial charge is 0.292 e. The number of rotatable bonds is 12. The average Bonchev–Trinajstić information content (AvgIpc) is 2.33. The van der Waals surface area contributed by atoms with E-state index in [0.717, 1.165) is 19.4 Å². The number of carbonyl (C=O) groups is 1. The van der Waals surface area contributed by atoms with Gasteiger partial charge in [0.25, 0.3) is 0 Å². The van der Waals surface area contributed by atoms with Gasteiger partial charge in [0.05, 0.1) is 0 Å². The summed E-state index contributed by atoms with van der Waals surface area (Å²) < 4.78 is 0. The van der Waals surface area contributed by atoms with Crippen molar-refractivity contribution in [1.29, 1.82) is 0 Å². The predicted octanol–water partition coefficient (Wildman–Crippen LogP) is 3.55. The Morgan fingerprint density at radius 2 is 1.41 bits per heavy atom. The van der Waals surface area contributed by atoms with E-state index in [1.165, 1.54) is 44.9 Å². The summed E-state index contributed by atoms with van der Waals surface area (Å²) in [5, 5.41) is 0. The number of amides is 1. The Morgan fingerprint density at radius 3 is 2.06 bits per heavy atom. The molecule has 0 radical (unpaired) electrons. The van der Waals surface area contributed by atoms with Crippen LogP contribution in [-0.4, -0.2) is 12.5 Å². The molecule has 0 aliphatic heterocycles. The van der Waals surface area contributed by atoms with Crippen LogP contribution >= 0.6 is 0 Å². The SMILES string of the molecule is CCCCCCCNNC(=O)CCCCCC. The first-order valence-electron chi connectivity index (χ1n) is 7.33. The molecule has 3 heteroatoms. The lowest BCUT2D eigenvalue weighted by Crippen LogP contribution is -2.37. The predicted molar refractivity (Wildman–Crippen MR) is 73.7 cm³/mol. The highest BCUT2D eigenvalue weighted by atomic mass is 16.2. The molecule has 0 rings (SSSR count). The van der Waals surface area contributed by atoms with Crippen LogP contribution in [0.1, 0.15) is 78.1 Å². The Balaban J connectivity index is 3.11. The number of nitrogens with one attached hydrogen (secondary N) is 2. The van der Waals surface area contributed by atoms with E-state index in [1.54, 1.807) is 0 Å². The maximum atomic E-state index is 11.4. The van der Waals surface area contributed by atoms with E-state index in [0.29, 0.717) is 6.42 Å². The van der Waals surface area contributed by atoms with Gasteiger partial charge in [-0.3, -0.25) is 10.2 Å². The van der Waals surface area contributed by atoms with Crippen molar-refractivity contribution in [3.63, 3.8) is 0 Å². The van der Waals surface area contributed by atoms with Crippen molar-refractivity contribution in [2.45, 2.75) is 78.1 Å². The minimum atomic E-state index is 0.134. The van der Waals surface area contributed by atoms with Gasteiger partial charge in [-0.1, -0.05) is 58.8 Å². The van der Waals surface area contributed by atoms with Crippen LogP contribution in [0, 0.1) is 0 Å². The Hall–Kier alpha value is -0.570. The van der Waals surface area contributed by atoms with E-state index in [-0.39, 0.29) is 5.91 Å². The average molecular weight is 242 g/mol. The van der Waals surface area contributed by atoms with E-state index < -0.39 is 0 Å². The summed E-state index contributed by atoms with van der Waals surface area (Å²) in [7, 11) is 0. The van der Waals surface area contributed by atoms with Gasteiger partial charge in [-0.15, -0.1) is 0 Å². The van der Waals surface area contributed by atoms with Crippen LogP contribution in [0.15, 0.2) is 0 Å². The van der Waals surface area contributed by atoms with Crippen molar-refractivity contribution < 1.29 is 4.79 Å². The highest BCUT2D eigenvalue weighted by Gasteiger charge is 1.99. The van der Waals surface area contributed by atoms with Gasteiger partial charge in [0.1, 0.15) is 0 Å². The number of unbranched alkanes of at least 4 members (excludes halogenated alkanes) is 7. The normalized spacial score (nSPS) is 10.5. The molecule has 2 N–H and O–H groups in total. The monoisotopic (exact) mass is 242 g/mol. The number of carbonyl (C=O) groups excluding carboxylic acids is 1. The Kier molecular flexibility index (Phi) is 13.0. The first-order chi connectivity index (χ1) is 8.31. The van der Waals surface area contributed by atoms with Crippen LogP contribution < -0.4 is 10.9 Å². The second-order valence-electron chi connectivity index (χ2n) is 4.70. The summed E-state index contributed by atoms with van der Waals surface area (Å²) in [6.07, 6.45) is 11.6. The lowest BCUT2D eigenvalue weighted by Gasteiger charge is -2.06. The van der Waals surface area contributed by atoms with Crippen LogP contribution in [0.3, 0.4) is 0 Å². The van der Waals surface area contributed by atoms with Gasteiger partial charge < -0.3 is 0 Å². The van der Waals surface area contributed by atoms with Gasteiger partial charge in [0, 0.05) is 13.0 Å². The zero-order chi connectivity index (χ0) is 12.8. The summed E-state index contributed by atoms with van der Waals surface area (Å²) in [6.45, 7) is 5.29. The van der Waals surface area contributed by atoms with E-state index in [9.17, 15) is 4.79 Å². The molecule has 0 bridgehead atoms. The van der Waals surface area contributed by atoms with Gasteiger partial charge in [-0.05, 0) is 12.8 Å². The summed E-state index contributed by atoms with van der Waals surface area (Å²) in [6, 6.07) is 0. The van der Waals surface area contributed by atoms with Gasteiger partial charge >= 0.3 is 0 Å². The van der Waals surface area contributed by atoms with Crippen molar-refractivity contribution in [1.82, 2.24) is 10.9 Å². The highest BCUT2D eigenvalue weighted by molar-refractivity contribution is 5.75. The fraction of sp³-hybridized carbons (Fsp3) is 0.929. The van der Waals surface area contributed by atoms with Crippen molar-refractivity contribution in [2.24, 2.45) is 0 Å². The number of hydrogen-bond acceptors (Lipinski definition) is 2. The molecular formula is C14H30N2O. The molecule has 0 aromatic rings. The van der Waals surface area contributed by atoms with E-state index in [4.69, 9.17) is 0 Å². The molecule has 17 heavy (non-hydrogen) atoms. The molecular weight excluding hydrogens is 212 g/mol. The highest BCUT2D eigenvalue weighted by Crippen LogP contribution is 2.02. The van der Waals surface area contributed by atoms with Gasteiger partial charge in [0.15, 0.2) is 0 Å². The molecule has 0 saturated heterocycles. The van der Waals surface area contributed by atoms with Crippen LogP contribution in [0.2, 0.25) is 0 Å². The van der Waals surface area contributed by atoms with Gasteiger partial charge in [-0.25, -0.2) is 5.43 Å². The molecule has 0 heterocycles. The van der Waals surface area contributed by atoms with Crippen molar-refractivity contribution in [3.8, 4) is 0 Å². The fourth-order valence-electron chi connectivity index (χ4n) is 1.75.